The number of nitrogens with one attached hydrogen (secondary N) is 2. The maximum atomic E-state index is 11.7. The Kier molecular flexibility index (Phi) is 4.82. The number of hydrogen-bond donors (Lipinski definition) is 3. The number of urea groups is 1. The fourth-order valence-corrected chi connectivity index (χ4v) is 2.09. The first kappa shape index (κ1) is 15.8. The minimum atomic E-state index is -1.13. The summed E-state index contributed by atoms with van der Waals surface area (Å²) in [5.74, 6) is -0.898. The van der Waals surface area contributed by atoms with Crippen molar-refractivity contribution in [3.63, 3.8) is 0 Å². The summed E-state index contributed by atoms with van der Waals surface area (Å²) >= 11 is 0. The van der Waals surface area contributed by atoms with Crippen LogP contribution in [0.3, 0.4) is 0 Å². The minimum Gasteiger partial charge on any atom is -0.480 e. The molecule has 1 unspecified atom stereocenters. The van der Waals surface area contributed by atoms with Gasteiger partial charge in [0.25, 0.3) is 0 Å². The number of amides is 2. The highest BCUT2D eigenvalue weighted by atomic mass is 16.4. The molecule has 0 heterocycles. The molecule has 1 aliphatic carbocycles. The van der Waals surface area contributed by atoms with Crippen molar-refractivity contribution in [2.75, 3.05) is 6.54 Å². The highest BCUT2D eigenvalue weighted by Crippen LogP contribution is 2.39. The number of carbonyl (C=O) groups excluding carboxylic acids is 1. The standard InChI is InChI=1S/C14H26N2O3/c1-13(2,3)8-5-9-15-12(19)16-14(4,11(17)18)10-6-7-10/h10H,5-9H2,1-4H3,(H,17,18)(H2,15,16,19). The first-order valence-electron chi connectivity index (χ1n) is 6.94. The predicted octanol–water partition coefficient (Wildman–Crippen LogP) is 2.37. The molecule has 110 valence electrons. The summed E-state index contributed by atoms with van der Waals surface area (Å²) in [5, 5.41) is 14.6. The summed E-state index contributed by atoms with van der Waals surface area (Å²) in [5.41, 5.74) is -0.879. The first-order valence-corrected chi connectivity index (χ1v) is 6.94. The van der Waals surface area contributed by atoms with Crippen molar-refractivity contribution in [3.8, 4) is 0 Å². The summed E-state index contributed by atoms with van der Waals surface area (Å²) in [6.07, 6.45) is 3.65. The van der Waals surface area contributed by atoms with E-state index in [2.05, 4.69) is 31.4 Å². The Hall–Kier alpha value is -1.26. The first-order chi connectivity index (χ1) is 8.65. The van der Waals surface area contributed by atoms with Gasteiger partial charge in [-0.25, -0.2) is 9.59 Å². The van der Waals surface area contributed by atoms with Crippen LogP contribution in [-0.2, 0) is 4.79 Å². The fourth-order valence-electron chi connectivity index (χ4n) is 2.09. The van der Waals surface area contributed by atoms with Crippen LogP contribution in [0.1, 0.15) is 53.4 Å². The highest BCUT2D eigenvalue weighted by molar-refractivity contribution is 5.86. The maximum absolute atomic E-state index is 11.7. The van der Waals surface area contributed by atoms with Gasteiger partial charge in [-0.2, -0.15) is 0 Å². The van der Waals surface area contributed by atoms with Crippen LogP contribution in [0.15, 0.2) is 0 Å². The monoisotopic (exact) mass is 270 g/mol. The zero-order valence-corrected chi connectivity index (χ0v) is 12.4. The van der Waals surface area contributed by atoms with E-state index in [1.165, 1.54) is 0 Å². The number of carboxylic acids is 1. The molecular weight excluding hydrogens is 244 g/mol. The van der Waals surface area contributed by atoms with Gasteiger partial charge >= 0.3 is 12.0 Å². The molecule has 2 amide bonds. The van der Waals surface area contributed by atoms with Crippen LogP contribution in [0, 0.1) is 11.3 Å². The van der Waals surface area contributed by atoms with E-state index in [0.717, 1.165) is 25.7 Å². The lowest BCUT2D eigenvalue weighted by Crippen LogP contribution is -2.56. The van der Waals surface area contributed by atoms with E-state index in [1.807, 2.05) is 0 Å². The molecule has 5 heteroatoms. The Balaban J connectivity index is 2.32. The van der Waals surface area contributed by atoms with E-state index in [9.17, 15) is 14.7 Å². The lowest BCUT2D eigenvalue weighted by molar-refractivity contribution is -0.144. The van der Waals surface area contributed by atoms with Gasteiger partial charge in [0, 0.05) is 6.54 Å². The number of carbonyl (C=O) groups is 2. The molecule has 0 radical (unpaired) electrons. The lowest BCUT2D eigenvalue weighted by atomic mass is 9.91. The number of hydrogen-bond acceptors (Lipinski definition) is 2. The van der Waals surface area contributed by atoms with Gasteiger partial charge in [-0.15, -0.1) is 0 Å². The molecule has 0 bridgehead atoms. The summed E-state index contributed by atoms with van der Waals surface area (Å²) in [6, 6.07) is -0.384. The molecule has 1 atom stereocenters. The highest BCUT2D eigenvalue weighted by Gasteiger charge is 2.48. The average Bonchev–Trinajstić information content (AvgIpc) is 3.06. The van der Waals surface area contributed by atoms with E-state index in [-0.39, 0.29) is 17.4 Å². The largest absolute Gasteiger partial charge is 0.480 e. The quantitative estimate of drug-likeness (QED) is 0.648. The van der Waals surface area contributed by atoms with Crippen molar-refractivity contribution in [1.29, 1.82) is 0 Å². The third kappa shape index (κ3) is 5.09. The molecule has 0 spiro atoms. The van der Waals surface area contributed by atoms with Gasteiger partial charge in [0.05, 0.1) is 0 Å². The van der Waals surface area contributed by atoms with Crippen LogP contribution >= 0.6 is 0 Å². The number of carboxylic acid groups (broad SMARTS) is 1. The Morgan fingerprint density at radius 3 is 2.21 bits per heavy atom. The SMILES string of the molecule is CC(C)(C)CCCNC(=O)NC(C)(C(=O)O)C1CC1. The molecule has 3 N–H and O–H groups in total. The summed E-state index contributed by atoms with van der Waals surface area (Å²) in [6.45, 7) is 8.62. The Labute approximate surface area is 115 Å². The average molecular weight is 270 g/mol. The molecule has 0 aromatic carbocycles. The van der Waals surface area contributed by atoms with E-state index in [4.69, 9.17) is 0 Å². The predicted molar refractivity (Wildman–Crippen MR) is 74.0 cm³/mol. The van der Waals surface area contributed by atoms with Crippen LogP contribution in [-0.4, -0.2) is 29.2 Å². The zero-order valence-electron chi connectivity index (χ0n) is 12.4. The van der Waals surface area contributed by atoms with Gasteiger partial charge in [0.1, 0.15) is 5.54 Å². The molecular formula is C14H26N2O3. The van der Waals surface area contributed by atoms with Crippen LogP contribution in [0.2, 0.25) is 0 Å². The summed E-state index contributed by atoms with van der Waals surface area (Å²) in [4.78, 5) is 23.0. The minimum absolute atomic E-state index is 0.0605. The smallest absolute Gasteiger partial charge is 0.329 e. The normalized spacial score (nSPS) is 18.5. The summed E-state index contributed by atoms with van der Waals surface area (Å²) < 4.78 is 0. The molecule has 0 aromatic heterocycles. The second kappa shape index (κ2) is 5.80. The second-order valence-electron chi connectivity index (χ2n) is 6.83. The van der Waals surface area contributed by atoms with Crippen molar-refractivity contribution in [2.24, 2.45) is 11.3 Å². The molecule has 0 aromatic rings. The van der Waals surface area contributed by atoms with Gasteiger partial charge in [0.15, 0.2) is 0 Å². The van der Waals surface area contributed by atoms with Crippen LogP contribution in [0.25, 0.3) is 0 Å². The van der Waals surface area contributed by atoms with Gasteiger partial charge in [0.2, 0.25) is 0 Å². The van der Waals surface area contributed by atoms with Crippen molar-refractivity contribution in [2.45, 2.75) is 58.9 Å². The number of aliphatic carboxylic acids is 1. The van der Waals surface area contributed by atoms with Crippen LogP contribution < -0.4 is 10.6 Å². The molecule has 1 saturated carbocycles. The van der Waals surface area contributed by atoms with Gasteiger partial charge in [-0.3, -0.25) is 0 Å². The molecule has 19 heavy (non-hydrogen) atoms. The maximum Gasteiger partial charge on any atom is 0.329 e. The summed E-state index contributed by atoms with van der Waals surface area (Å²) in [7, 11) is 0. The number of rotatable bonds is 6. The second-order valence-corrected chi connectivity index (χ2v) is 6.83. The van der Waals surface area contributed by atoms with E-state index in [1.54, 1.807) is 6.92 Å². The third-order valence-electron chi connectivity index (χ3n) is 3.60. The topological polar surface area (TPSA) is 78.4 Å². The van der Waals surface area contributed by atoms with Crippen molar-refractivity contribution in [3.05, 3.63) is 0 Å². The van der Waals surface area contributed by atoms with Gasteiger partial charge < -0.3 is 15.7 Å². The van der Waals surface area contributed by atoms with Crippen molar-refractivity contribution in [1.82, 2.24) is 10.6 Å². The zero-order chi connectivity index (χ0) is 14.7. The molecule has 1 fully saturated rings. The van der Waals surface area contributed by atoms with Crippen molar-refractivity contribution < 1.29 is 14.7 Å². The molecule has 0 saturated heterocycles. The van der Waals surface area contributed by atoms with Crippen LogP contribution in [0.4, 0.5) is 4.79 Å². The Morgan fingerprint density at radius 2 is 1.79 bits per heavy atom. The van der Waals surface area contributed by atoms with E-state index >= 15 is 0 Å². The Morgan fingerprint density at radius 1 is 1.21 bits per heavy atom. The van der Waals surface area contributed by atoms with Crippen LogP contribution in [0.5, 0.6) is 0 Å². The molecule has 1 aliphatic rings. The molecule has 0 aliphatic heterocycles. The van der Waals surface area contributed by atoms with E-state index in [0.29, 0.717) is 6.54 Å². The van der Waals surface area contributed by atoms with Gasteiger partial charge in [-0.1, -0.05) is 20.8 Å². The van der Waals surface area contributed by atoms with E-state index < -0.39 is 11.5 Å². The third-order valence-corrected chi connectivity index (χ3v) is 3.60. The van der Waals surface area contributed by atoms with Gasteiger partial charge in [-0.05, 0) is 43.9 Å². The van der Waals surface area contributed by atoms with Crippen molar-refractivity contribution >= 4 is 12.0 Å². The Bertz CT molecular complexity index is 345. The molecule has 5 nitrogen and oxygen atoms in total. The molecule has 1 rings (SSSR count). The lowest BCUT2D eigenvalue weighted by Gasteiger charge is -2.26. The fraction of sp³-hybridized carbons (Fsp3) is 0.857.